The van der Waals surface area contributed by atoms with Gasteiger partial charge in [0.15, 0.2) is 0 Å². The van der Waals surface area contributed by atoms with E-state index in [2.05, 4.69) is 20.6 Å². The van der Waals surface area contributed by atoms with Crippen molar-refractivity contribution in [3.63, 3.8) is 0 Å². The van der Waals surface area contributed by atoms with E-state index in [9.17, 15) is 4.79 Å². The van der Waals surface area contributed by atoms with Crippen LogP contribution in [0, 0.1) is 0 Å². The number of ether oxygens (including phenoxy) is 2. The molecule has 144 valence electrons. The first kappa shape index (κ1) is 19.4. The van der Waals surface area contributed by atoms with Crippen molar-refractivity contribution in [2.24, 2.45) is 0 Å². The summed E-state index contributed by atoms with van der Waals surface area (Å²) in [7, 11) is 3.16. The van der Waals surface area contributed by atoms with Crippen LogP contribution in [0.1, 0.15) is 6.92 Å². The molecule has 2 N–H and O–H groups in total. The largest absolute Gasteiger partial charge is 0.497 e. The van der Waals surface area contributed by atoms with Gasteiger partial charge in [0.05, 0.1) is 24.9 Å². The fourth-order valence-corrected chi connectivity index (χ4v) is 2.78. The normalized spacial score (nSPS) is 10.3. The molecule has 0 spiro atoms. The lowest BCUT2D eigenvalue weighted by atomic mass is 10.1. The highest BCUT2D eigenvalue weighted by Gasteiger charge is 2.10. The minimum absolute atomic E-state index is 0.197. The zero-order valence-electron chi connectivity index (χ0n) is 15.6. The molecule has 0 radical (unpaired) electrons. The smallest absolute Gasteiger partial charge is 0.231 e. The average Bonchev–Trinajstić information content (AvgIpc) is 2.67. The molecule has 3 aromatic rings. The van der Waals surface area contributed by atoms with E-state index in [0.29, 0.717) is 22.3 Å². The van der Waals surface area contributed by atoms with Crippen molar-refractivity contribution < 1.29 is 14.3 Å². The highest BCUT2D eigenvalue weighted by atomic mass is 35.5. The van der Waals surface area contributed by atoms with E-state index in [1.54, 1.807) is 32.4 Å². The molecule has 8 heteroatoms. The molecule has 1 amide bonds. The molecule has 3 rings (SSSR count). The molecule has 7 nitrogen and oxygen atoms in total. The summed E-state index contributed by atoms with van der Waals surface area (Å²) in [6, 6.07) is 14.5. The molecule has 0 fully saturated rings. The van der Waals surface area contributed by atoms with Gasteiger partial charge in [0, 0.05) is 24.2 Å². The van der Waals surface area contributed by atoms with E-state index in [1.165, 1.54) is 6.92 Å². The molecule has 0 saturated carbocycles. The number of carbonyl (C=O) groups is 1. The second-order valence-electron chi connectivity index (χ2n) is 5.85. The second-order valence-corrected chi connectivity index (χ2v) is 6.25. The van der Waals surface area contributed by atoms with Gasteiger partial charge >= 0.3 is 0 Å². The van der Waals surface area contributed by atoms with Crippen LogP contribution in [0.25, 0.3) is 11.3 Å². The van der Waals surface area contributed by atoms with Gasteiger partial charge in [-0.2, -0.15) is 4.98 Å². The number of amides is 1. The van der Waals surface area contributed by atoms with Crippen molar-refractivity contribution in [1.82, 2.24) is 9.97 Å². The van der Waals surface area contributed by atoms with E-state index < -0.39 is 0 Å². The lowest BCUT2D eigenvalue weighted by molar-refractivity contribution is -0.114. The summed E-state index contributed by atoms with van der Waals surface area (Å²) in [6.07, 6.45) is 0. The Hall–Kier alpha value is -3.32. The number of hydrogen-bond acceptors (Lipinski definition) is 6. The van der Waals surface area contributed by atoms with Crippen LogP contribution in [-0.2, 0) is 4.79 Å². The summed E-state index contributed by atoms with van der Waals surface area (Å²) >= 11 is 6.18. The Morgan fingerprint density at radius 2 is 1.75 bits per heavy atom. The third-order valence-electron chi connectivity index (χ3n) is 3.82. The number of hydrogen-bond donors (Lipinski definition) is 2. The Labute approximate surface area is 167 Å². The third kappa shape index (κ3) is 4.69. The summed E-state index contributed by atoms with van der Waals surface area (Å²) in [6.45, 7) is 1.40. The Balaban J connectivity index is 1.97. The Morgan fingerprint density at radius 3 is 2.36 bits per heavy atom. The Bertz CT molecular complexity index is 993. The molecule has 1 heterocycles. The van der Waals surface area contributed by atoms with Crippen molar-refractivity contribution in [2.45, 2.75) is 6.92 Å². The van der Waals surface area contributed by atoms with Crippen molar-refractivity contribution in [3.8, 4) is 22.8 Å². The minimum Gasteiger partial charge on any atom is -0.497 e. The summed E-state index contributed by atoms with van der Waals surface area (Å²) < 4.78 is 10.4. The fraction of sp³-hybridized carbons (Fsp3) is 0.150. The number of carbonyl (C=O) groups excluding carboxylic acids is 1. The van der Waals surface area contributed by atoms with E-state index in [1.807, 2.05) is 30.3 Å². The SMILES string of the molecule is COc1ccc(-c2cc(Nc3ccc(OC)c(Cl)c3)nc(NC(C)=O)n2)cc1. The zero-order valence-corrected chi connectivity index (χ0v) is 16.4. The van der Waals surface area contributed by atoms with Crippen LogP contribution in [0.15, 0.2) is 48.5 Å². The van der Waals surface area contributed by atoms with E-state index in [0.717, 1.165) is 17.0 Å². The number of nitrogens with zero attached hydrogens (tertiary/aromatic N) is 2. The highest BCUT2D eigenvalue weighted by molar-refractivity contribution is 6.32. The predicted molar refractivity (Wildman–Crippen MR) is 110 cm³/mol. The van der Waals surface area contributed by atoms with Gasteiger partial charge in [-0.1, -0.05) is 11.6 Å². The first-order valence-corrected chi connectivity index (χ1v) is 8.78. The van der Waals surface area contributed by atoms with Crippen LogP contribution in [0.4, 0.5) is 17.5 Å². The van der Waals surface area contributed by atoms with Crippen molar-refractivity contribution in [1.29, 1.82) is 0 Å². The van der Waals surface area contributed by atoms with Gasteiger partial charge in [-0.3, -0.25) is 10.1 Å². The number of aromatic nitrogens is 2. The van der Waals surface area contributed by atoms with Crippen LogP contribution >= 0.6 is 11.6 Å². The van der Waals surface area contributed by atoms with E-state index >= 15 is 0 Å². The van der Waals surface area contributed by atoms with Crippen molar-refractivity contribution >= 4 is 35.0 Å². The second kappa shape index (κ2) is 8.58. The van der Waals surface area contributed by atoms with Crippen LogP contribution in [0.3, 0.4) is 0 Å². The van der Waals surface area contributed by atoms with E-state index in [-0.39, 0.29) is 11.9 Å². The molecule has 0 unspecified atom stereocenters. The highest BCUT2D eigenvalue weighted by Crippen LogP contribution is 2.30. The number of rotatable bonds is 6. The topological polar surface area (TPSA) is 85.4 Å². The zero-order chi connectivity index (χ0) is 20.1. The summed E-state index contributed by atoms with van der Waals surface area (Å²) in [5, 5.41) is 6.27. The van der Waals surface area contributed by atoms with Crippen LogP contribution in [0.2, 0.25) is 5.02 Å². The molecule has 0 aliphatic carbocycles. The van der Waals surface area contributed by atoms with Crippen LogP contribution in [-0.4, -0.2) is 30.1 Å². The van der Waals surface area contributed by atoms with E-state index in [4.69, 9.17) is 21.1 Å². The van der Waals surface area contributed by atoms with Gasteiger partial charge in [-0.25, -0.2) is 4.98 Å². The summed E-state index contributed by atoms with van der Waals surface area (Å²) in [5.74, 6) is 1.76. The molecule has 0 aliphatic heterocycles. The molecule has 0 aliphatic rings. The lowest BCUT2D eigenvalue weighted by Gasteiger charge is -2.12. The molecule has 0 atom stereocenters. The molecule has 1 aromatic heterocycles. The van der Waals surface area contributed by atoms with Gasteiger partial charge in [-0.15, -0.1) is 0 Å². The number of halogens is 1. The molecular formula is C20H19ClN4O3. The van der Waals surface area contributed by atoms with Crippen LogP contribution in [0.5, 0.6) is 11.5 Å². The quantitative estimate of drug-likeness (QED) is 0.635. The molecule has 0 bridgehead atoms. The van der Waals surface area contributed by atoms with Gasteiger partial charge in [-0.05, 0) is 42.5 Å². The number of nitrogens with one attached hydrogen (secondary N) is 2. The maximum atomic E-state index is 11.5. The first-order valence-electron chi connectivity index (χ1n) is 8.40. The molecule has 2 aromatic carbocycles. The Kier molecular flexibility index (Phi) is 5.96. The van der Waals surface area contributed by atoms with Crippen molar-refractivity contribution in [2.75, 3.05) is 24.9 Å². The number of anilines is 3. The summed E-state index contributed by atoms with van der Waals surface area (Å²) in [4.78, 5) is 20.2. The standard InChI is InChI=1S/C20H19ClN4O3/c1-12(26)22-20-24-17(13-4-7-15(27-2)8-5-13)11-19(25-20)23-14-6-9-18(28-3)16(21)10-14/h4-11H,1-3H3,(H2,22,23,24,25,26). The summed E-state index contributed by atoms with van der Waals surface area (Å²) in [5.41, 5.74) is 2.22. The maximum absolute atomic E-state index is 11.5. The fourth-order valence-electron chi connectivity index (χ4n) is 2.53. The van der Waals surface area contributed by atoms with Gasteiger partial charge in [0.2, 0.25) is 11.9 Å². The molecular weight excluding hydrogens is 380 g/mol. The third-order valence-corrected chi connectivity index (χ3v) is 4.12. The number of benzene rings is 2. The molecule has 0 saturated heterocycles. The van der Waals surface area contributed by atoms with Crippen molar-refractivity contribution in [3.05, 3.63) is 53.6 Å². The maximum Gasteiger partial charge on any atom is 0.231 e. The molecule has 28 heavy (non-hydrogen) atoms. The van der Waals surface area contributed by atoms with Gasteiger partial charge in [0.1, 0.15) is 17.3 Å². The first-order chi connectivity index (χ1) is 13.5. The monoisotopic (exact) mass is 398 g/mol. The predicted octanol–water partition coefficient (Wildman–Crippen LogP) is 4.52. The Morgan fingerprint density at radius 1 is 1.00 bits per heavy atom. The minimum atomic E-state index is -0.259. The number of methoxy groups -OCH3 is 2. The average molecular weight is 399 g/mol. The van der Waals surface area contributed by atoms with Gasteiger partial charge in [0.25, 0.3) is 0 Å². The van der Waals surface area contributed by atoms with Gasteiger partial charge < -0.3 is 14.8 Å². The lowest BCUT2D eigenvalue weighted by Crippen LogP contribution is -2.10. The van der Waals surface area contributed by atoms with Crippen LogP contribution < -0.4 is 20.1 Å².